The molecule has 1 aliphatic heterocycles. The summed E-state index contributed by atoms with van der Waals surface area (Å²) in [5.74, 6) is 0.139. The second-order valence-electron chi connectivity index (χ2n) is 4.41. The van der Waals surface area contributed by atoms with E-state index in [1.807, 2.05) is 16.8 Å². The number of rotatable bonds is 6. The van der Waals surface area contributed by atoms with Gasteiger partial charge in [0.2, 0.25) is 5.91 Å². The van der Waals surface area contributed by atoms with Crippen molar-refractivity contribution in [3.05, 3.63) is 0 Å². The van der Waals surface area contributed by atoms with Crippen molar-refractivity contribution in [3.8, 4) is 0 Å². The van der Waals surface area contributed by atoms with Crippen molar-refractivity contribution in [1.82, 2.24) is 9.80 Å². The van der Waals surface area contributed by atoms with Crippen LogP contribution in [0.5, 0.6) is 0 Å². The van der Waals surface area contributed by atoms with Crippen LogP contribution < -0.4 is 5.73 Å². The van der Waals surface area contributed by atoms with Crippen molar-refractivity contribution < 1.29 is 14.3 Å². The lowest BCUT2D eigenvalue weighted by molar-refractivity contribution is -0.136. The third kappa shape index (κ3) is 5.45. The predicted molar refractivity (Wildman–Crippen MR) is 64.7 cm³/mol. The first-order valence-electron chi connectivity index (χ1n) is 5.92. The van der Waals surface area contributed by atoms with Crippen LogP contribution in [-0.4, -0.2) is 81.9 Å². The molecule has 0 aromatic heterocycles. The molecule has 0 aromatic rings. The van der Waals surface area contributed by atoms with E-state index in [-0.39, 0.29) is 11.9 Å². The maximum atomic E-state index is 11.9. The molecule has 0 aromatic carbocycles. The standard InChI is InChI=1S/C11H23N3O3/c1-13(7-10(12)9-16-2)8-11(15)14-3-5-17-6-4-14/h10H,3-9,12H2,1-2H3. The Morgan fingerprint density at radius 2 is 2.18 bits per heavy atom. The first-order valence-corrected chi connectivity index (χ1v) is 5.92. The largest absolute Gasteiger partial charge is 0.383 e. The molecule has 0 saturated carbocycles. The summed E-state index contributed by atoms with van der Waals surface area (Å²) < 4.78 is 10.2. The normalized spacial score (nSPS) is 18.5. The van der Waals surface area contributed by atoms with Crippen molar-refractivity contribution in [2.75, 3.05) is 60.2 Å². The van der Waals surface area contributed by atoms with Gasteiger partial charge < -0.3 is 20.1 Å². The van der Waals surface area contributed by atoms with Gasteiger partial charge in [0.05, 0.1) is 26.4 Å². The lowest BCUT2D eigenvalue weighted by Gasteiger charge is -2.29. The van der Waals surface area contributed by atoms with Gasteiger partial charge in [-0.2, -0.15) is 0 Å². The molecule has 1 fully saturated rings. The van der Waals surface area contributed by atoms with E-state index in [0.717, 1.165) is 0 Å². The molecule has 1 unspecified atom stereocenters. The molecule has 6 nitrogen and oxygen atoms in total. The van der Waals surface area contributed by atoms with Gasteiger partial charge in [0.25, 0.3) is 0 Å². The molecule has 1 heterocycles. The van der Waals surface area contributed by atoms with Crippen LogP contribution in [0.1, 0.15) is 0 Å². The highest BCUT2D eigenvalue weighted by Crippen LogP contribution is 1.99. The van der Waals surface area contributed by atoms with Crippen LogP contribution in [0.3, 0.4) is 0 Å². The number of morpholine rings is 1. The van der Waals surface area contributed by atoms with Crippen LogP contribution >= 0.6 is 0 Å². The second kappa shape index (κ2) is 7.60. The van der Waals surface area contributed by atoms with E-state index in [9.17, 15) is 4.79 Å². The van der Waals surface area contributed by atoms with Crippen LogP contribution in [0.15, 0.2) is 0 Å². The fourth-order valence-electron chi connectivity index (χ4n) is 1.88. The smallest absolute Gasteiger partial charge is 0.236 e. The Morgan fingerprint density at radius 1 is 1.53 bits per heavy atom. The number of hydrogen-bond donors (Lipinski definition) is 1. The van der Waals surface area contributed by atoms with Gasteiger partial charge >= 0.3 is 0 Å². The van der Waals surface area contributed by atoms with Crippen molar-refractivity contribution >= 4 is 5.91 Å². The zero-order valence-electron chi connectivity index (χ0n) is 10.7. The number of amides is 1. The number of ether oxygens (including phenoxy) is 2. The van der Waals surface area contributed by atoms with Crippen LogP contribution in [0, 0.1) is 0 Å². The number of carbonyl (C=O) groups excluding carboxylic acids is 1. The molecular weight excluding hydrogens is 222 g/mol. The summed E-state index contributed by atoms with van der Waals surface area (Å²) in [7, 11) is 3.52. The number of carbonyl (C=O) groups is 1. The molecule has 100 valence electrons. The van der Waals surface area contributed by atoms with Crippen LogP contribution in [-0.2, 0) is 14.3 Å². The van der Waals surface area contributed by atoms with E-state index in [1.54, 1.807) is 7.11 Å². The number of likely N-dealkylation sites (N-methyl/N-ethyl adjacent to an activating group) is 1. The van der Waals surface area contributed by atoms with Gasteiger partial charge in [0, 0.05) is 32.8 Å². The molecule has 0 aliphatic carbocycles. The van der Waals surface area contributed by atoms with Crippen molar-refractivity contribution in [2.24, 2.45) is 5.73 Å². The highest BCUT2D eigenvalue weighted by molar-refractivity contribution is 5.78. The number of hydrogen-bond acceptors (Lipinski definition) is 5. The molecule has 0 radical (unpaired) electrons. The molecule has 0 spiro atoms. The van der Waals surface area contributed by atoms with Gasteiger partial charge in [-0.05, 0) is 7.05 Å². The summed E-state index contributed by atoms with van der Waals surface area (Å²) >= 11 is 0. The molecule has 1 atom stereocenters. The van der Waals surface area contributed by atoms with Crippen molar-refractivity contribution in [1.29, 1.82) is 0 Å². The zero-order chi connectivity index (χ0) is 12.7. The highest BCUT2D eigenvalue weighted by Gasteiger charge is 2.18. The van der Waals surface area contributed by atoms with Crippen LogP contribution in [0.4, 0.5) is 0 Å². The third-order valence-corrected chi connectivity index (χ3v) is 2.70. The monoisotopic (exact) mass is 245 g/mol. The van der Waals surface area contributed by atoms with Crippen LogP contribution in [0.25, 0.3) is 0 Å². The first-order chi connectivity index (χ1) is 8.13. The molecule has 1 aliphatic rings. The summed E-state index contributed by atoms with van der Waals surface area (Å²) in [6, 6.07) is -0.0533. The number of nitrogens with two attached hydrogens (primary N) is 1. The van der Waals surface area contributed by atoms with Gasteiger partial charge in [-0.3, -0.25) is 9.69 Å². The molecule has 0 bridgehead atoms. The van der Waals surface area contributed by atoms with Gasteiger partial charge in [-0.15, -0.1) is 0 Å². The summed E-state index contributed by atoms with van der Waals surface area (Å²) in [6.45, 7) is 4.22. The molecule has 1 rings (SSSR count). The van der Waals surface area contributed by atoms with Crippen molar-refractivity contribution in [2.45, 2.75) is 6.04 Å². The minimum absolute atomic E-state index is 0.0533. The van der Waals surface area contributed by atoms with Gasteiger partial charge in [0.15, 0.2) is 0 Å². The summed E-state index contributed by atoms with van der Waals surface area (Å²) in [5, 5.41) is 0. The van der Waals surface area contributed by atoms with Gasteiger partial charge in [0.1, 0.15) is 0 Å². The second-order valence-corrected chi connectivity index (χ2v) is 4.41. The Morgan fingerprint density at radius 3 is 2.76 bits per heavy atom. The quantitative estimate of drug-likeness (QED) is 0.633. The Labute approximate surface area is 103 Å². The van der Waals surface area contributed by atoms with E-state index >= 15 is 0 Å². The maximum absolute atomic E-state index is 11.9. The summed E-state index contributed by atoms with van der Waals surface area (Å²) in [4.78, 5) is 15.7. The first kappa shape index (κ1) is 14.4. The average molecular weight is 245 g/mol. The minimum Gasteiger partial charge on any atom is -0.383 e. The van der Waals surface area contributed by atoms with Crippen molar-refractivity contribution in [3.63, 3.8) is 0 Å². The van der Waals surface area contributed by atoms with E-state index in [0.29, 0.717) is 46.0 Å². The average Bonchev–Trinajstić information content (AvgIpc) is 2.30. The molecule has 1 amide bonds. The molecular formula is C11H23N3O3. The predicted octanol–water partition coefficient (Wildman–Crippen LogP) is -1.25. The number of methoxy groups -OCH3 is 1. The van der Waals surface area contributed by atoms with E-state index in [2.05, 4.69) is 0 Å². The Hall–Kier alpha value is -0.690. The van der Waals surface area contributed by atoms with Crippen LogP contribution in [0.2, 0.25) is 0 Å². The Balaban J connectivity index is 2.24. The summed E-state index contributed by atoms with van der Waals surface area (Å²) in [6.07, 6.45) is 0. The van der Waals surface area contributed by atoms with Gasteiger partial charge in [-0.1, -0.05) is 0 Å². The molecule has 1 saturated heterocycles. The van der Waals surface area contributed by atoms with E-state index in [4.69, 9.17) is 15.2 Å². The zero-order valence-corrected chi connectivity index (χ0v) is 10.7. The third-order valence-electron chi connectivity index (χ3n) is 2.70. The number of nitrogens with zero attached hydrogens (tertiary/aromatic N) is 2. The Kier molecular flexibility index (Phi) is 6.43. The Bertz CT molecular complexity index is 232. The topological polar surface area (TPSA) is 68.0 Å². The maximum Gasteiger partial charge on any atom is 0.236 e. The van der Waals surface area contributed by atoms with E-state index < -0.39 is 0 Å². The van der Waals surface area contributed by atoms with Gasteiger partial charge in [-0.25, -0.2) is 0 Å². The molecule has 2 N–H and O–H groups in total. The summed E-state index contributed by atoms with van der Waals surface area (Å²) in [5.41, 5.74) is 5.83. The molecule has 6 heteroatoms. The lowest BCUT2D eigenvalue weighted by Crippen LogP contribution is -2.47. The fraction of sp³-hybridized carbons (Fsp3) is 0.909. The van der Waals surface area contributed by atoms with E-state index in [1.165, 1.54) is 0 Å². The highest BCUT2D eigenvalue weighted by atomic mass is 16.5. The lowest BCUT2D eigenvalue weighted by atomic mass is 10.3. The SMILES string of the molecule is COCC(N)CN(C)CC(=O)N1CCOCC1. The fourth-order valence-corrected chi connectivity index (χ4v) is 1.88. The minimum atomic E-state index is -0.0533. The molecule has 17 heavy (non-hydrogen) atoms.